The highest BCUT2D eigenvalue weighted by Gasteiger charge is 2.55. The molecule has 2 heterocycles. The second-order valence-electron chi connectivity index (χ2n) is 3.64. The summed E-state index contributed by atoms with van der Waals surface area (Å²) in [6.07, 6.45) is -2.59. The van der Waals surface area contributed by atoms with Gasteiger partial charge in [0.15, 0.2) is 0 Å². The zero-order valence-electron chi connectivity index (χ0n) is 6.51. The number of piperidine rings is 1. The van der Waals surface area contributed by atoms with Gasteiger partial charge >= 0.3 is 0 Å². The summed E-state index contributed by atoms with van der Waals surface area (Å²) < 4.78 is 0. The second-order valence-corrected chi connectivity index (χ2v) is 3.64. The Bertz CT molecular complexity index is 200. The Balaban J connectivity index is 2.25. The van der Waals surface area contributed by atoms with Crippen molar-refractivity contribution in [2.75, 3.05) is 0 Å². The maximum atomic E-state index is 9.65. The largest absolute Gasteiger partial charge is 0.389 e. The van der Waals surface area contributed by atoms with Gasteiger partial charge in [0.25, 0.3) is 0 Å². The molecule has 5 nitrogen and oxygen atoms in total. The van der Waals surface area contributed by atoms with Crippen molar-refractivity contribution >= 4 is 0 Å². The van der Waals surface area contributed by atoms with Crippen LogP contribution < -0.4 is 5.32 Å². The fourth-order valence-corrected chi connectivity index (χ4v) is 2.04. The SMILES string of the molecule is OC1C2CC[C@@](O)(N2)C(O)[C@@H]1O. The normalized spacial score (nSPS) is 59.0. The molecule has 5 heteroatoms. The molecule has 0 spiro atoms. The molecule has 2 aliphatic heterocycles. The van der Waals surface area contributed by atoms with Gasteiger partial charge in [-0.2, -0.15) is 0 Å². The summed E-state index contributed by atoms with van der Waals surface area (Å²) >= 11 is 0. The molecule has 2 bridgehead atoms. The summed E-state index contributed by atoms with van der Waals surface area (Å²) in [6.45, 7) is 0. The number of hydrogen-bond acceptors (Lipinski definition) is 5. The van der Waals surface area contributed by atoms with Crippen LogP contribution in [-0.4, -0.2) is 50.5 Å². The summed E-state index contributed by atoms with van der Waals surface area (Å²) in [4.78, 5) is 0. The van der Waals surface area contributed by atoms with Crippen LogP contribution in [0.25, 0.3) is 0 Å². The topological polar surface area (TPSA) is 93.0 Å². The van der Waals surface area contributed by atoms with E-state index in [4.69, 9.17) is 0 Å². The average molecular weight is 175 g/mol. The van der Waals surface area contributed by atoms with Crippen molar-refractivity contribution in [2.24, 2.45) is 0 Å². The van der Waals surface area contributed by atoms with Crippen LogP contribution in [0.5, 0.6) is 0 Å². The molecule has 0 aliphatic carbocycles. The highest BCUT2D eigenvalue weighted by molar-refractivity contribution is 5.07. The molecular weight excluding hydrogens is 162 g/mol. The highest BCUT2D eigenvalue weighted by Crippen LogP contribution is 2.34. The maximum Gasteiger partial charge on any atom is 0.145 e. The molecule has 0 aromatic carbocycles. The van der Waals surface area contributed by atoms with E-state index in [9.17, 15) is 20.4 Å². The summed E-state index contributed by atoms with van der Waals surface area (Å²) in [5.74, 6) is 0. The predicted molar refractivity (Wildman–Crippen MR) is 39.1 cm³/mol. The van der Waals surface area contributed by atoms with Crippen LogP contribution in [0, 0.1) is 0 Å². The van der Waals surface area contributed by atoms with E-state index < -0.39 is 24.0 Å². The number of aliphatic hydroxyl groups is 4. The molecule has 12 heavy (non-hydrogen) atoms. The number of hydrogen-bond donors (Lipinski definition) is 5. The van der Waals surface area contributed by atoms with E-state index in [-0.39, 0.29) is 6.04 Å². The third-order valence-electron chi connectivity index (χ3n) is 2.85. The lowest BCUT2D eigenvalue weighted by molar-refractivity contribution is -0.186. The van der Waals surface area contributed by atoms with Crippen molar-refractivity contribution in [3.05, 3.63) is 0 Å². The lowest BCUT2D eigenvalue weighted by Crippen LogP contribution is -2.67. The first-order valence-corrected chi connectivity index (χ1v) is 4.09. The molecular formula is C7H13NO4. The smallest absolute Gasteiger partial charge is 0.145 e. The molecule has 2 saturated heterocycles. The maximum absolute atomic E-state index is 9.65. The average Bonchev–Trinajstić information content (AvgIpc) is 2.41. The van der Waals surface area contributed by atoms with E-state index in [1.54, 1.807) is 0 Å². The van der Waals surface area contributed by atoms with E-state index in [0.29, 0.717) is 12.8 Å². The molecule has 5 atom stereocenters. The van der Waals surface area contributed by atoms with Gasteiger partial charge in [0.05, 0.1) is 6.10 Å². The Morgan fingerprint density at radius 3 is 2.50 bits per heavy atom. The Kier molecular flexibility index (Phi) is 1.68. The zero-order valence-corrected chi connectivity index (χ0v) is 6.51. The highest BCUT2D eigenvalue weighted by atomic mass is 16.4. The van der Waals surface area contributed by atoms with Crippen molar-refractivity contribution < 1.29 is 20.4 Å². The molecule has 2 aliphatic rings. The lowest BCUT2D eigenvalue weighted by atomic mass is 9.94. The van der Waals surface area contributed by atoms with Gasteiger partial charge in [-0.15, -0.1) is 0 Å². The summed E-state index contributed by atoms with van der Waals surface area (Å²) in [5, 5.41) is 40.4. The Hall–Kier alpha value is -0.200. The van der Waals surface area contributed by atoms with Gasteiger partial charge in [0.1, 0.15) is 17.9 Å². The minimum Gasteiger partial charge on any atom is -0.389 e. The van der Waals surface area contributed by atoms with E-state index >= 15 is 0 Å². The zero-order chi connectivity index (χ0) is 8.93. The minimum absolute atomic E-state index is 0.298. The monoisotopic (exact) mass is 175 g/mol. The third-order valence-corrected chi connectivity index (χ3v) is 2.85. The predicted octanol–water partition coefficient (Wildman–Crippen LogP) is -2.48. The van der Waals surface area contributed by atoms with Gasteiger partial charge in [-0.1, -0.05) is 0 Å². The number of nitrogens with one attached hydrogen (secondary N) is 1. The van der Waals surface area contributed by atoms with Gasteiger partial charge < -0.3 is 20.4 Å². The number of rotatable bonds is 0. The Morgan fingerprint density at radius 2 is 1.83 bits per heavy atom. The summed E-state index contributed by atoms with van der Waals surface area (Å²) in [5.41, 5.74) is -1.40. The van der Waals surface area contributed by atoms with Crippen LogP contribution in [-0.2, 0) is 0 Å². The standard InChI is InChI=1S/C7H13NO4/c9-4-3-1-2-7(12,8-3)6(11)5(4)10/h3-6,8-12H,1-2H2/t3?,4?,5-,6?,7+/m1/s1. The third kappa shape index (κ3) is 0.915. The van der Waals surface area contributed by atoms with Gasteiger partial charge in [0, 0.05) is 6.04 Å². The molecule has 2 fully saturated rings. The van der Waals surface area contributed by atoms with Gasteiger partial charge in [-0.25, -0.2) is 0 Å². The molecule has 2 rings (SSSR count). The van der Waals surface area contributed by atoms with E-state index in [1.165, 1.54) is 0 Å². The van der Waals surface area contributed by atoms with Crippen LogP contribution >= 0.6 is 0 Å². The Labute approximate surface area is 69.6 Å². The van der Waals surface area contributed by atoms with Crippen molar-refractivity contribution in [1.82, 2.24) is 5.32 Å². The number of fused-ring (bicyclic) bond motifs is 2. The summed E-state index contributed by atoms with van der Waals surface area (Å²) in [6, 6.07) is -0.298. The van der Waals surface area contributed by atoms with Crippen LogP contribution in [0.4, 0.5) is 0 Å². The molecule has 5 N–H and O–H groups in total. The first-order valence-electron chi connectivity index (χ1n) is 4.09. The molecule has 3 unspecified atom stereocenters. The minimum atomic E-state index is -1.40. The quantitative estimate of drug-likeness (QED) is 0.281. The van der Waals surface area contributed by atoms with Crippen LogP contribution in [0.2, 0.25) is 0 Å². The molecule has 70 valence electrons. The van der Waals surface area contributed by atoms with E-state index in [0.717, 1.165) is 0 Å². The molecule has 0 amide bonds. The fourth-order valence-electron chi connectivity index (χ4n) is 2.04. The van der Waals surface area contributed by atoms with Crippen LogP contribution in [0.15, 0.2) is 0 Å². The summed E-state index contributed by atoms with van der Waals surface area (Å²) in [7, 11) is 0. The van der Waals surface area contributed by atoms with Crippen LogP contribution in [0.3, 0.4) is 0 Å². The van der Waals surface area contributed by atoms with Crippen molar-refractivity contribution in [2.45, 2.75) is 42.9 Å². The van der Waals surface area contributed by atoms with Gasteiger partial charge in [-0.3, -0.25) is 5.32 Å². The van der Waals surface area contributed by atoms with Crippen molar-refractivity contribution in [3.63, 3.8) is 0 Å². The lowest BCUT2D eigenvalue weighted by Gasteiger charge is -2.40. The van der Waals surface area contributed by atoms with Crippen molar-refractivity contribution in [1.29, 1.82) is 0 Å². The molecule has 0 aromatic rings. The Morgan fingerprint density at radius 1 is 1.17 bits per heavy atom. The van der Waals surface area contributed by atoms with Crippen LogP contribution in [0.1, 0.15) is 12.8 Å². The molecule has 0 saturated carbocycles. The molecule has 0 radical (unpaired) electrons. The van der Waals surface area contributed by atoms with Gasteiger partial charge in [0.2, 0.25) is 0 Å². The first kappa shape index (κ1) is 8.40. The number of aliphatic hydroxyl groups excluding tert-OH is 3. The second kappa shape index (κ2) is 2.40. The van der Waals surface area contributed by atoms with E-state index in [1.807, 2.05) is 0 Å². The molecule has 0 aromatic heterocycles. The van der Waals surface area contributed by atoms with Gasteiger partial charge in [-0.05, 0) is 12.8 Å². The van der Waals surface area contributed by atoms with E-state index in [2.05, 4.69) is 5.32 Å². The fraction of sp³-hybridized carbons (Fsp3) is 1.00. The van der Waals surface area contributed by atoms with Crippen molar-refractivity contribution in [3.8, 4) is 0 Å². The first-order chi connectivity index (χ1) is 5.54.